The molecule has 118 valence electrons. The molecule has 5 atom stereocenters. The van der Waals surface area contributed by atoms with Gasteiger partial charge in [0, 0.05) is 6.54 Å². The lowest BCUT2D eigenvalue weighted by molar-refractivity contribution is -0.0307. The highest BCUT2D eigenvalue weighted by molar-refractivity contribution is 4.76. The zero-order valence-electron chi connectivity index (χ0n) is 13.3. The SMILES string of the molecule is CC1CCCC(OCC(O)CNCC2CCCC2C)C1. The van der Waals surface area contributed by atoms with Crippen LogP contribution in [0, 0.1) is 17.8 Å². The van der Waals surface area contributed by atoms with Gasteiger partial charge in [-0.25, -0.2) is 0 Å². The molecule has 0 aromatic rings. The minimum atomic E-state index is -0.357. The van der Waals surface area contributed by atoms with Gasteiger partial charge in [0.05, 0.1) is 18.8 Å². The van der Waals surface area contributed by atoms with Gasteiger partial charge in [-0.05, 0) is 43.6 Å². The van der Waals surface area contributed by atoms with Gasteiger partial charge >= 0.3 is 0 Å². The summed E-state index contributed by atoms with van der Waals surface area (Å²) in [5, 5.41) is 13.4. The summed E-state index contributed by atoms with van der Waals surface area (Å²) in [5.41, 5.74) is 0. The zero-order valence-corrected chi connectivity index (χ0v) is 13.3. The van der Waals surface area contributed by atoms with Crippen LogP contribution in [-0.2, 0) is 4.74 Å². The largest absolute Gasteiger partial charge is 0.389 e. The topological polar surface area (TPSA) is 41.5 Å². The first-order valence-corrected chi connectivity index (χ1v) is 8.65. The summed E-state index contributed by atoms with van der Waals surface area (Å²) in [6, 6.07) is 0. The Bertz CT molecular complexity index is 272. The number of rotatable bonds is 7. The Labute approximate surface area is 124 Å². The maximum atomic E-state index is 10.00. The van der Waals surface area contributed by atoms with Crippen LogP contribution in [0.4, 0.5) is 0 Å². The maximum Gasteiger partial charge on any atom is 0.0897 e. The predicted octanol–water partition coefficient (Wildman–Crippen LogP) is 2.97. The molecule has 3 nitrogen and oxygen atoms in total. The van der Waals surface area contributed by atoms with E-state index in [0.29, 0.717) is 19.3 Å². The second kappa shape index (κ2) is 8.35. The number of hydrogen-bond acceptors (Lipinski definition) is 3. The lowest BCUT2D eigenvalue weighted by Gasteiger charge is -2.27. The third-order valence-corrected chi connectivity index (χ3v) is 5.24. The molecule has 0 spiro atoms. The van der Waals surface area contributed by atoms with E-state index < -0.39 is 0 Å². The molecule has 2 aliphatic carbocycles. The molecule has 0 bridgehead atoms. The van der Waals surface area contributed by atoms with Crippen molar-refractivity contribution >= 4 is 0 Å². The Hall–Kier alpha value is -0.120. The number of aliphatic hydroxyl groups is 1. The van der Waals surface area contributed by atoms with Gasteiger partial charge in [0.2, 0.25) is 0 Å². The van der Waals surface area contributed by atoms with Crippen molar-refractivity contribution in [2.45, 2.75) is 71.0 Å². The molecule has 0 amide bonds. The van der Waals surface area contributed by atoms with Crippen molar-refractivity contribution < 1.29 is 9.84 Å². The lowest BCUT2D eigenvalue weighted by atomic mass is 9.89. The molecule has 0 radical (unpaired) electrons. The van der Waals surface area contributed by atoms with Gasteiger partial charge in [-0.3, -0.25) is 0 Å². The second-order valence-corrected chi connectivity index (χ2v) is 7.21. The van der Waals surface area contributed by atoms with Crippen molar-refractivity contribution in [2.24, 2.45) is 17.8 Å². The van der Waals surface area contributed by atoms with Gasteiger partial charge in [0.1, 0.15) is 0 Å². The Morgan fingerprint density at radius 1 is 1.15 bits per heavy atom. The summed E-state index contributed by atoms with van der Waals surface area (Å²) >= 11 is 0. The average Bonchev–Trinajstić information content (AvgIpc) is 2.82. The molecule has 0 aromatic heterocycles. The van der Waals surface area contributed by atoms with Crippen LogP contribution in [0.3, 0.4) is 0 Å². The van der Waals surface area contributed by atoms with E-state index in [1.165, 1.54) is 44.9 Å². The van der Waals surface area contributed by atoms with E-state index >= 15 is 0 Å². The second-order valence-electron chi connectivity index (χ2n) is 7.21. The first-order chi connectivity index (χ1) is 9.65. The first-order valence-electron chi connectivity index (χ1n) is 8.65. The Kier molecular flexibility index (Phi) is 6.79. The molecule has 2 rings (SSSR count). The molecule has 5 unspecified atom stereocenters. The van der Waals surface area contributed by atoms with Crippen LogP contribution in [0.5, 0.6) is 0 Å². The highest BCUT2D eigenvalue weighted by atomic mass is 16.5. The standard InChI is InChI=1S/C17H33NO2/c1-13-5-3-8-17(9-13)20-12-16(19)11-18-10-15-7-4-6-14(15)2/h13-19H,3-12H2,1-2H3. The van der Waals surface area contributed by atoms with E-state index in [1.807, 2.05) is 0 Å². The molecular formula is C17H33NO2. The summed E-state index contributed by atoms with van der Waals surface area (Å²) in [7, 11) is 0. The van der Waals surface area contributed by atoms with Gasteiger partial charge in [-0.1, -0.05) is 39.5 Å². The molecule has 2 N–H and O–H groups in total. The number of nitrogens with one attached hydrogen (secondary N) is 1. The highest BCUT2D eigenvalue weighted by Gasteiger charge is 2.23. The minimum Gasteiger partial charge on any atom is -0.389 e. The van der Waals surface area contributed by atoms with E-state index in [-0.39, 0.29) is 6.10 Å². The predicted molar refractivity (Wildman–Crippen MR) is 82.8 cm³/mol. The van der Waals surface area contributed by atoms with Crippen molar-refractivity contribution in [3.63, 3.8) is 0 Å². The van der Waals surface area contributed by atoms with Crippen LogP contribution in [0.1, 0.15) is 58.8 Å². The van der Waals surface area contributed by atoms with Gasteiger partial charge in [-0.15, -0.1) is 0 Å². The third kappa shape index (κ3) is 5.34. The molecule has 0 aliphatic heterocycles. The van der Waals surface area contributed by atoms with E-state index in [9.17, 15) is 5.11 Å². The summed E-state index contributed by atoms with van der Waals surface area (Å²) in [4.78, 5) is 0. The highest BCUT2D eigenvalue weighted by Crippen LogP contribution is 2.30. The van der Waals surface area contributed by atoms with E-state index in [4.69, 9.17) is 4.74 Å². The van der Waals surface area contributed by atoms with Crippen LogP contribution in [0.25, 0.3) is 0 Å². The quantitative estimate of drug-likeness (QED) is 0.755. The number of ether oxygens (including phenoxy) is 1. The van der Waals surface area contributed by atoms with Crippen molar-refractivity contribution in [3.05, 3.63) is 0 Å². The smallest absolute Gasteiger partial charge is 0.0897 e. The molecule has 2 saturated carbocycles. The monoisotopic (exact) mass is 283 g/mol. The molecular weight excluding hydrogens is 250 g/mol. The Morgan fingerprint density at radius 2 is 1.95 bits per heavy atom. The maximum absolute atomic E-state index is 10.00. The molecule has 2 aliphatic rings. The first kappa shape index (κ1) is 16.3. The normalized spacial score (nSPS) is 36.1. The molecule has 2 fully saturated rings. The fourth-order valence-corrected chi connectivity index (χ4v) is 3.80. The minimum absolute atomic E-state index is 0.357. The van der Waals surface area contributed by atoms with Crippen LogP contribution < -0.4 is 5.32 Å². The van der Waals surface area contributed by atoms with E-state index in [2.05, 4.69) is 19.2 Å². The van der Waals surface area contributed by atoms with Gasteiger partial charge in [0.15, 0.2) is 0 Å². The van der Waals surface area contributed by atoms with Crippen LogP contribution in [0.2, 0.25) is 0 Å². The van der Waals surface area contributed by atoms with Gasteiger partial charge in [-0.2, -0.15) is 0 Å². The van der Waals surface area contributed by atoms with Crippen LogP contribution in [0.15, 0.2) is 0 Å². The molecule has 3 heteroatoms. The van der Waals surface area contributed by atoms with Crippen LogP contribution in [-0.4, -0.2) is 37.0 Å². The number of hydrogen-bond donors (Lipinski definition) is 2. The van der Waals surface area contributed by atoms with Gasteiger partial charge in [0.25, 0.3) is 0 Å². The van der Waals surface area contributed by atoms with Crippen molar-refractivity contribution in [3.8, 4) is 0 Å². The van der Waals surface area contributed by atoms with Crippen LogP contribution >= 0.6 is 0 Å². The molecule has 0 heterocycles. The molecule has 0 saturated heterocycles. The lowest BCUT2D eigenvalue weighted by Crippen LogP contribution is -2.35. The molecule has 20 heavy (non-hydrogen) atoms. The van der Waals surface area contributed by atoms with Crippen molar-refractivity contribution in [1.82, 2.24) is 5.32 Å². The van der Waals surface area contributed by atoms with Gasteiger partial charge < -0.3 is 15.2 Å². The van der Waals surface area contributed by atoms with E-state index in [0.717, 1.165) is 24.3 Å². The summed E-state index contributed by atoms with van der Waals surface area (Å²) in [5.74, 6) is 2.44. The average molecular weight is 283 g/mol. The molecule has 0 aromatic carbocycles. The zero-order chi connectivity index (χ0) is 14.4. The fraction of sp³-hybridized carbons (Fsp3) is 1.00. The fourth-order valence-electron chi connectivity index (χ4n) is 3.80. The van der Waals surface area contributed by atoms with E-state index in [1.54, 1.807) is 0 Å². The Balaban J connectivity index is 1.52. The summed E-state index contributed by atoms with van der Waals surface area (Å²) in [6.45, 7) is 6.87. The summed E-state index contributed by atoms with van der Waals surface area (Å²) in [6.07, 6.45) is 9.07. The number of aliphatic hydroxyl groups excluding tert-OH is 1. The van der Waals surface area contributed by atoms with Crippen molar-refractivity contribution in [1.29, 1.82) is 0 Å². The van der Waals surface area contributed by atoms with Crippen molar-refractivity contribution in [2.75, 3.05) is 19.7 Å². The third-order valence-electron chi connectivity index (χ3n) is 5.24. The summed E-state index contributed by atoms with van der Waals surface area (Å²) < 4.78 is 5.87. The Morgan fingerprint density at radius 3 is 2.65 bits per heavy atom.